The normalized spacial score (nSPS) is 21.1. The highest BCUT2D eigenvalue weighted by molar-refractivity contribution is 6.74. The minimum Gasteiger partial charge on any atom is -0.462 e. The lowest BCUT2D eigenvalue weighted by molar-refractivity contribution is -0.429. The standard InChI is InChI=1S/C12H13N3O2.C10H18F8O2Si2/c16-9-7-8(13-1-2-13)12(17)11(15-5-6-15)10(9)14-3-4-14;1-5-6(22(3,4)20-21)19-10(17,18)9(15,16)8(13,14)7(2,11)12/h7H,1-6H2;6H,5H2,1-4,21H3. The maximum absolute atomic E-state index is 13.5. The Labute approximate surface area is 224 Å². The zero-order valence-corrected chi connectivity index (χ0v) is 25.1. The lowest BCUT2D eigenvalue weighted by Crippen LogP contribution is -2.64. The van der Waals surface area contributed by atoms with Gasteiger partial charge in [-0.05, 0) is 19.5 Å². The molecular weight excluding hydrogens is 578 g/mol. The average Bonchev–Trinajstić information content (AvgIpc) is 3.68. The molecular formula is C22H31F8N3O4Si2. The molecule has 3 saturated heterocycles. The SMILES string of the molecule is CCC(OC(F)(F)C(F)(F)C(F)(F)C(C)(F)F)[Si](C)(C)O[SiH3].O=C1C=C(N2CC2)C(=O)C(N2CC2)=C1N1CC1. The number of nitrogens with zero attached hydrogens (tertiary/aromatic N) is 3. The first kappa shape index (κ1) is 31.5. The first-order valence-corrected chi connectivity index (χ1v) is 16.1. The number of alkyl halides is 8. The summed E-state index contributed by atoms with van der Waals surface area (Å²) < 4.78 is 114. The summed E-state index contributed by atoms with van der Waals surface area (Å²) >= 11 is 0. The Hall–Kier alpha value is -1.99. The third-order valence-corrected chi connectivity index (χ3v) is 13.0. The van der Waals surface area contributed by atoms with Crippen molar-refractivity contribution in [2.24, 2.45) is 0 Å². The molecule has 4 rings (SSSR count). The molecule has 39 heavy (non-hydrogen) atoms. The lowest BCUT2D eigenvalue weighted by atomic mass is 10.0. The Kier molecular flexibility index (Phi) is 8.45. The van der Waals surface area contributed by atoms with Crippen LogP contribution in [0.1, 0.15) is 20.3 Å². The second kappa shape index (κ2) is 10.4. The van der Waals surface area contributed by atoms with Gasteiger partial charge in [0, 0.05) is 52.3 Å². The van der Waals surface area contributed by atoms with Crippen LogP contribution in [0.3, 0.4) is 0 Å². The number of hydrogen-bond acceptors (Lipinski definition) is 7. The molecule has 0 radical (unpaired) electrons. The van der Waals surface area contributed by atoms with Gasteiger partial charge in [-0.25, -0.2) is 0 Å². The summed E-state index contributed by atoms with van der Waals surface area (Å²) in [5, 5.41) is 0. The van der Waals surface area contributed by atoms with Crippen molar-refractivity contribution in [1.82, 2.24) is 14.7 Å². The van der Waals surface area contributed by atoms with Crippen molar-refractivity contribution in [3.63, 3.8) is 0 Å². The van der Waals surface area contributed by atoms with Crippen LogP contribution in [0.2, 0.25) is 13.1 Å². The number of rotatable bonds is 11. The Morgan fingerprint density at radius 1 is 0.872 bits per heavy atom. The van der Waals surface area contributed by atoms with Gasteiger partial charge < -0.3 is 23.6 Å². The number of ketones is 2. The van der Waals surface area contributed by atoms with Gasteiger partial charge in [-0.1, -0.05) is 6.92 Å². The maximum atomic E-state index is 13.5. The van der Waals surface area contributed by atoms with E-state index in [-0.39, 0.29) is 28.5 Å². The van der Waals surface area contributed by atoms with Gasteiger partial charge in [-0.2, -0.15) is 35.1 Å². The zero-order chi connectivity index (χ0) is 29.8. The van der Waals surface area contributed by atoms with E-state index in [0.29, 0.717) is 17.1 Å². The number of carbonyl (C=O) groups is 2. The zero-order valence-electron chi connectivity index (χ0n) is 22.1. The monoisotopic (exact) mass is 609 g/mol. The molecule has 7 nitrogen and oxygen atoms in total. The summed E-state index contributed by atoms with van der Waals surface area (Å²) in [6, 6.07) is 0. The molecule has 0 amide bonds. The van der Waals surface area contributed by atoms with Crippen LogP contribution in [0.5, 0.6) is 0 Å². The highest BCUT2D eigenvalue weighted by Gasteiger charge is 2.80. The third-order valence-electron chi connectivity index (χ3n) is 6.76. The molecule has 0 aromatic carbocycles. The molecule has 1 atom stereocenters. The molecule has 1 unspecified atom stereocenters. The summed E-state index contributed by atoms with van der Waals surface area (Å²) in [4.78, 5) is 30.5. The molecule has 1 aliphatic carbocycles. The smallest absolute Gasteiger partial charge is 0.426 e. The van der Waals surface area contributed by atoms with Gasteiger partial charge in [-0.3, -0.25) is 9.59 Å². The van der Waals surface area contributed by atoms with Crippen LogP contribution in [0.25, 0.3) is 0 Å². The number of ether oxygens (including phenoxy) is 1. The molecule has 0 saturated carbocycles. The van der Waals surface area contributed by atoms with Gasteiger partial charge in [0.2, 0.25) is 19.9 Å². The van der Waals surface area contributed by atoms with E-state index in [9.17, 15) is 44.7 Å². The second-order valence-electron chi connectivity index (χ2n) is 10.3. The molecule has 0 bridgehead atoms. The van der Waals surface area contributed by atoms with Crippen molar-refractivity contribution in [1.29, 1.82) is 0 Å². The van der Waals surface area contributed by atoms with Crippen molar-refractivity contribution in [3.05, 3.63) is 23.2 Å². The fourth-order valence-corrected chi connectivity index (χ4v) is 6.30. The number of halogens is 8. The molecule has 0 aromatic heterocycles. The number of carbonyl (C=O) groups excluding carboxylic acids is 2. The molecule has 3 fully saturated rings. The molecule has 17 heteroatoms. The molecule has 0 aromatic rings. The molecule has 222 valence electrons. The Morgan fingerprint density at radius 2 is 1.33 bits per heavy atom. The summed E-state index contributed by atoms with van der Waals surface area (Å²) in [6.07, 6.45) is -4.47. The predicted molar refractivity (Wildman–Crippen MR) is 129 cm³/mol. The van der Waals surface area contributed by atoms with Gasteiger partial charge in [0.25, 0.3) is 0 Å². The number of Topliss-reactive ketones (excluding diaryl/α,β-unsaturated/α-hetero) is 1. The van der Waals surface area contributed by atoms with Gasteiger partial charge in [0.05, 0.1) is 11.4 Å². The molecule has 3 aliphatic heterocycles. The first-order valence-electron chi connectivity index (χ1n) is 12.3. The molecule has 4 aliphatic rings. The van der Waals surface area contributed by atoms with Crippen molar-refractivity contribution in [2.75, 3.05) is 39.3 Å². The lowest BCUT2D eigenvalue weighted by Gasteiger charge is -2.39. The van der Waals surface area contributed by atoms with Crippen LogP contribution in [-0.2, 0) is 18.4 Å². The van der Waals surface area contributed by atoms with E-state index in [1.54, 1.807) is 0 Å². The van der Waals surface area contributed by atoms with Crippen LogP contribution in [-0.4, -0.2) is 114 Å². The quantitative estimate of drug-likeness (QED) is 0.155. The predicted octanol–water partition coefficient (Wildman–Crippen LogP) is 2.52. The van der Waals surface area contributed by atoms with Gasteiger partial charge in [0.1, 0.15) is 21.9 Å². The summed E-state index contributed by atoms with van der Waals surface area (Å²) in [5.41, 5.74) is 0.324. The van der Waals surface area contributed by atoms with E-state index in [4.69, 9.17) is 4.12 Å². The van der Waals surface area contributed by atoms with Crippen LogP contribution < -0.4 is 0 Å². The van der Waals surface area contributed by atoms with E-state index >= 15 is 0 Å². The van der Waals surface area contributed by atoms with E-state index in [2.05, 4.69) is 4.74 Å². The van der Waals surface area contributed by atoms with Crippen molar-refractivity contribution < 1.29 is 53.6 Å². The van der Waals surface area contributed by atoms with E-state index in [0.717, 1.165) is 39.3 Å². The van der Waals surface area contributed by atoms with E-state index in [1.807, 2.05) is 14.7 Å². The Morgan fingerprint density at radius 3 is 1.72 bits per heavy atom. The van der Waals surface area contributed by atoms with Gasteiger partial charge in [0.15, 0.2) is 0 Å². The largest absolute Gasteiger partial charge is 0.462 e. The number of hydrogen-bond donors (Lipinski definition) is 0. The topological polar surface area (TPSA) is 61.6 Å². The van der Waals surface area contributed by atoms with Crippen LogP contribution in [0.15, 0.2) is 23.2 Å². The first-order chi connectivity index (χ1) is 17.7. The highest BCUT2D eigenvalue weighted by Crippen LogP contribution is 2.53. The highest BCUT2D eigenvalue weighted by atomic mass is 28.4. The summed E-state index contributed by atoms with van der Waals surface area (Å²) in [5.74, 6) is -18.0. The molecule has 0 spiro atoms. The average molecular weight is 610 g/mol. The van der Waals surface area contributed by atoms with Crippen molar-refractivity contribution >= 4 is 30.4 Å². The Balaban J connectivity index is 0.000000220. The minimum absolute atomic E-state index is 0.00546. The minimum atomic E-state index is -6.39. The second-order valence-corrected chi connectivity index (χ2v) is 15.7. The van der Waals surface area contributed by atoms with E-state index < -0.39 is 44.8 Å². The van der Waals surface area contributed by atoms with Gasteiger partial charge in [-0.15, -0.1) is 0 Å². The maximum Gasteiger partial charge on any atom is 0.426 e. The molecule has 3 heterocycles. The third kappa shape index (κ3) is 6.19. The van der Waals surface area contributed by atoms with Crippen LogP contribution >= 0.6 is 0 Å². The summed E-state index contributed by atoms with van der Waals surface area (Å²) in [6.45, 7) is 8.89. The van der Waals surface area contributed by atoms with E-state index in [1.165, 1.54) is 26.1 Å². The van der Waals surface area contributed by atoms with Crippen LogP contribution in [0.4, 0.5) is 35.1 Å². The number of allylic oxidation sites excluding steroid dienone is 1. The molecule has 0 N–H and O–H groups in total. The van der Waals surface area contributed by atoms with Gasteiger partial charge >= 0.3 is 23.9 Å². The summed E-state index contributed by atoms with van der Waals surface area (Å²) in [7, 11) is -2.91. The van der Waals surface area contributed by atoms with Crippen molar-refractivity contribution in [2.45, 2.75) is 63.0 Å². The fourth-order valence-electron chi connectivity index (χ4n) is 3.83. The fraction of sp³-hybridized carbons (Fsp3) is 0.727. The van der Waals surface area contributed by atoms with Crippen LogP contribution in [0, 0.1) is 0 Å². The Bertz CT molecular complexity index is 1050. The van der Waals surface area contributed by atoms with Crippen molar-refractivity contribution in [3.8, 4) is 0 Å².